The van der Waals surface area contributed by atoms with Gasteiger partial charge in [-0.3, -0.25) is 5.32 Å². The quantitative estimate of drug-likeness (QED) is 0.698. The van der Waals surface area contributed by atoms with Crippen molar-refractivity contribution in [3.63, 3.8) is 0 Å². The van der Waals surface area contributed by atoms with E-state index in [4.69, 9.17) is 0 Å². The highest BCUT2D eigenvalue weighted by Gasteiger charge is 2.12. The Hall–Kier alpha value is -2.49. The molecule has 1 aromatic heterocycles. The van der Waals surface area contributed by atoms with Gasteiger partial charge in [0.2, 0.25) is 0 Å². The fourth-order valence-electron chi connectivity index (χ4n) is 2.20. The van der Waals surface area contributed by atoms with Gasteiger partial charge >= 0.3 is 5.95 Å². The van der Waals surface area contributed by atoms with Crippen LogP contribution in [-0.2, 0) is 13.6 Å². The molecule has 2 N–H and O–H groups in total. The fraction of sp³-hybridized carbons (Fsp3) is 0.133. The molecule has 1 heterocycles. The molecular formula is C15H15N3O. The zero-order chi connectivity index (χ0) is 13.2. The predicted molar refractivity (Wildman–Crippen MR) is 72.7 cm³/mol. The summed E-state index contributed by atoms with van der Waals surface area (Å²) in [7, 11) is 1.99. The first-order valence-electron chi connectivity index (χ1n) is 6.21. The van der Waals surface area contributed by atoms with Crippen LogP contribution in [0.4, 0.5) is 5.95 Å². The summed E-state index contributed by atoms with van der Waals surface area (Å²) in [5.74, 6) is 0.957. The molecule has 19 heavy (non-hydrogen) atoms. The van der Waals surface area contributed by atoms with Crippen molar-refractivity contribution in [2.45, 2.75) is 6.54 Å². The van der Waals surface area contributed by atoms with E-state index in [-0.39, 0.29) is 5.75 Å². The van der Waals surface area contributed by atoms with Crippen molar-refractivity contribution in [2.24, 2.45) is 7.05 Å². The lowest BCUT2D eigenvalue weighted by molar-refractivity contribution is -0.630. The molecule has 96 valence electrons. The van der Waals surface area contributed by atoms with E-state index < -0.39 is 0 Å². The Bertz CT molecular complexity index is 718. The maximum atomic E-state index is 11.6. The van der Waals surface area contributed by atoms with Crippen LogP contribution >= 0.6 is 0 Å². The normalized spacial score (nSPS) is 10.8. The van der Waals surface area contributed by atoms with Gasteiger partial charge in [-0.25, -0.2) is 9.55 Å². The van der Waals surface area contributed by atoms with E-state index in [1.54, 1.807) is 12.1 Å². The van der Waals surface area contributed by atoms with Crippen molar-refractivity contribution in [1.29, 1.82) is 0 Å². The van der Waals surface area contributed by atoms with Gasteiger partial charge in [0.05, 0.1) is 13.6 Å². The molecule has 0 aliphatic carbocycles. The van der Waals surface area contributed by atoms with Crippen molar-refractivity contribution in [3.8, 4) is 5.75 Å². The average Bonchev–Trinajstić information content (AvgIpc) is 2.75. The molecule has 4 heteroatoms. The Morgan fingerprint density at radius 3 is 2.63 bits per heavy atom. The number of fused-ring (bicyclic) bond motifs is 1. The molecule has 4 nitrogen and oxygen atoms in total. The highest BCUT2D eigenvalue weighted by atomic mass is 16.3. The van der Waals surface area contributed by atoms with Gasteiger partial charge in [-0.15, -0.1) is 5.75 Å². The number of aromatic amines is 1. The molecule has 0 aliphatic heterocycles. The standard InChI is InChI=1S/C15H15N3O/c1-18-13-8-4-3-7-12(13)17-15(18)16-10-11-6-2-5-9-14(11)19/h2-9H,10H2,1H3,(H2,16,17,19). The Balaban J connectivity index is 1.86. The Labute approximate surface area is 111 Å². The second kappa shape index (κ2) is 4.65. The molecule has 0 fully saturated rings. The zero-order valence-electron chi connectivity index (χ0n) is 10.7. The molecule has 0 atom stereocenters. The molecule has 0 spiro atoms. The number of hydrogen-bond donors (Lipinski definition) is 2. The van der Waals surface area contributed by atoms with Crippen molar-refractivity contribution in [1.82, 2.24) is 4.98 Å². The number of nitrogens with one attached hydrogen (secondary N) is 2. The number of imidazole rings is 1. The molecule has 3 rings (SSSR count). The number of benzene rings is 2. The van der Waals surface area contributed by atoms with Crippen LogP contribution in [0.25, 0.3) is 11.0 Å². The average molecular weight is 253 g/mol. The van der Waals surface area contributed by atoms with Crippen LogP contribution in [0.1, 0.15) is 5.56 Å². The minimum atomic E-state index is 0.0637. The summed E-state index contributed by atoms with van der Waals surface area (Å²) in [6.45, 7) is 0.514. The molecule has 3 aromatic rings. The smallest absolute Gasteiger partial charge is 0.356 e. The lowest BCUT2D eigenvalue weighted by atomic mass is 10.2. The van der Waals surface area contributed by atoms with Crippen LogP contribution in [0.5, 0.6) is 5.75 Å². The van der Waals surface area contributed by atoms with E-state index in [1.165, 1.54) is 0 Å². The van der Waals surface area contributed by atoms with Crippen LogP contribution in [0, 0.1) is 0 Å². The predicted octanol–water partition coefficient (Wildman–Crippen LogP) is 1.68. The lowest BCUT2D eigenvalue weighted by Crippen LogP contribution is -2.30. The number of rotatable bonds is 3. The van der Waals surface area contributed by atoms with Gasteiger partial charge in [-0.05, 0) is 17.7 Å². The van der Waals surface area contributed by atoms with Crippen molar-refractivity contribution >= 4 is 17.0 Å². The monoisotopic (exact) mass is 253 g/mol. The topological polar surface area (TPSA) is 54.8 Å². The fourth-order valence-corrected chi connectivity index (χ4v) is 2.20. The molecule has 0 bridgehead atoms. The van der Waals surface area contributed by atoms with Crippen LogP contribution in [0.2, 0.25) is 0 Å². The van der Waals surface area contributed by atoms with Crippen molar-refractivity contribution < 1.29 is 9.67 Å². The molecule has 2 aromatic carbocycles. The van der Waals surface area contributed by atoms with E-state index in [0.29, 0.717) is 6.54 Å². The van der Waals surface area contributed by atoms with Gasteiger partial charge in [0.15, 0.2) is 0 Å². The van der Waals surface area contributed by atoms with E-state index in [9.17, 15) is 5.11 Å². The third-order valence-corrected chi connectivity index (χ3v) is 3.27. The minimum Gasteiger partial charge on any atom is -0.872 e. The van der Waals surface area contributed by atoms with E-state index in [1.807, 2.05) is 41.9 Å². The number of nitrogens with zero attached hydrogens (tertiary/aromatic N) is 1. The largest absolute Gasteiger partial charge is 0.872 e. The molecule has 0 saturated carbocycles. The molecular weight excluding hydrogens is 238 g/mol. The summed E-state index contributed by atoms with van der Waals surface area (Å²) in [6, 6.07) is 15.2. The number of H-pyrrole nitrogens is 1. The lowest BCUT2D eigenvalue weighted by Gasteiger charge is -2.11. The SMILES string of the molecule is C[n+]1c(NCc2ccccc2[O-])[nH]c2ccccc21. The van der Waals surface area contributed by atoms with E-state index in [0.717, 1.165) is 22.5 Å². The number of aryl methyl sites for hydroxylation is 1. The Kier molecular flexibility index (Phi) is 2.83. The molecule has 0 aliphatic rings. The number of hydrogen-bond acceptors (Lipinski definition) is 2. The van der Waals surface area contributed by atoms with E-state index in [2.05, 4.69) is 16.4 Å². The van der Waals surface area contributed by atoms with Crippen LogP contribution in [0.3, 0.4) is 0 Å². The summed E-state index contributed by atoms with van der Waals surface area (Å²) in [5.41, 5.74) is 2.96. The Morgan fingerprint density at radius 2 is 1.84 bits per heavy atom. The first-order chi connectivity index (χ1) is 9.25. The molecule has 0 radical (unpaired) electrons. The van der Waals surface area contributed by atoms with Gasteiger partial charge in [-0.2, -0.15) is 0 Å². The van der Waals surface area contributed by atoms with Crippen molar-refractivity contribution in [2.75, 3.05) is 5.32 Å². The van der Waals surface area contributed by atoms with Gasteiger partial charge in [0, 0.05) is 0 Å². The maximum Gasteiger partial charge on any atom is 0.356 e. The summed E-state index contributed by atoms with van der Waals surface area (Å²) >= 11 is 0. The van der Waals surface area contributed by atoms with Crippen LogP contribution in [0.15, 0.2) is 48.5 Å². The third kappa shape index (κ3) is 2.12. The second-order valence-corrected chi connectivity index (χ2v) is 4.51. The third-order valence-electron chi connectivity index (χ3n) is 3.27. The highest BCUT2D eigenvalue weighted by molar-refractivity contribution is 5.72. The Morgan fingerprint density at radius 1 is 1.11 bits per heavy atom. The van der Waals surface area contributed by atoms with Crippen molar-refractivity contribution in [3.05, 3.63) is 54.1 Å². The molecule has 0 unspecified atom stereocenters. The van der Waals surface area contributed by atoms with Gasteiger partial charge in [0.25, 0.3) is 0 Å². The van der Waals surface area contributed by atoms with Crippen LogP contribution in [-0.4, -0.2) is 4.98 Å². The van der Waals surface area contributed by atoms with Gasteiger partial charge in [-0.1, -0.05) is 36.4 Å². The summed E-state index contributed by atoms with van der Waals surface area (Å²) < 4.78 is 2.04. The first-order valence-corrected chi connectivity index (χ1v) is 6.21. The second-order valence-electron chi connectivity index (χ2n) is 4.51. The number of anilines is 1. The molecule has 0 amide bonds. The van der Waals surface area contributed by atoms with Gasteiger partial charge in [0.1, 0.15) is 11.0 Å². The minimum absolute atomic E-state index is 0.0637. The van der Waals surface area contributed by atoms with E-state index >= 15 is 0 Å². The summed E-state index contributed by atoms with van der Waals surface area (Å²) in [6.07, 6.45) is 0. The maximum absolute atomic E-state index is 11.6. The highest BCUT2D eigenvalue weighted by Crippen LogP contribution is 2.15. The first kappa shape index (κ1) is 11.6. The number of para-hydroxylation sites is 3. The summed E-state index contributed by atoms with van der Waals surface area (Å²) in [5, 5.41) is 14.9. The zero-order valence-corrected chi connectivity index (χ0v) is 10.7. The van der Waals surface area contributed by atoms with Crippen LogP contribution < -0.4 is 15.0 Å². The molecule has 0 saturated heterocycles. The number of aromatic nitrogens is 2. The van der Waals surface area contributed by atoms with Gasteiger partial charge < -0.3 is 5.11 Å². The summed E-state index contributed by atoms with van der Waals surface area (Å²) in [4.78, 5) is 3.30.